The second-order valence-corrected chi connectivity index (χ2v) is 5.24. The van der Waals surface area contributed by atoms with Crippen LogP contribution in [0.1, 0.15) is 30.1 Å². The van der Waals surface area contributed by atoms with Crippen LogP contribution in [0.25, 0.3) is 0 Å². The molecule has 0 atom stereocenters. The van der Waals surface area contributed by atoms with Crippen LogP contribution in [0, 0.1) is 11.6 Å². The number of aliphatic imine (C=N–C) groups is 1. The SMILES string of the molecule is CCCN=C(N)C(C(=O)OCC(=O)c1c(F)cccc1F)=C(N)CCO. The van der Waals surface area contributed by atoms with E-state index in [1.54, 1.807) is 0 Å². The monoisotopic (exact) mass is 369 g/mol. The lowest BCUT2D eigenvalue weighted by molar-refractivity contribution is -0.137. The smallest absolute Gasteiger partial charge is 0.344 e. The Morgan fingerprint density at radius 1 is 1.23 bits per heavy atom. The zero-order valence-corrected chi connectivity index (χ0v) is 14.3. The van der Waals surface area contributed by atoms with Crippen LogP contribution >= 0.6 is 0 Å². The molecule has 142 valence electrons. The van der Waals surface area contributed by atoms with E-state index in [1.165, 1.54) is 0 Å². The van der Waals surface area contributed by atoms with E-state index in [-0.39, 0.29) is 30.1 Å². The zero-order valence-electron chi connectivity index (χ0n) is 14.3. The number of benzene rings is 1. The summed E-state index contributed by atoms with van der Waals surface area (Å²) >= 11 is 0. The lowest BCUT2D eigenvalue weighted by Gasteiger charge is -2.11. The van der Waals surface area contributed by atoms with Gasteiger partial charge in [-0.05, 0) is 18.6 Å². The van der Waals surface area contributed by atoms with Crippen molar-refractivity contribution in [3.63, 3.8) is 0 Å². The molecule has 5 N–H and O–H groups in total. The predicted molar refractivity (Wildman–Crippen MR) is 91.3 cm³/mol. The first kappa shape index (κ1) is 21.2. The molecule has 9 heteroatoms. The molecule has 0 saturated heterocycles. The number of hydrogen-bond donors (Lipinski definition) is 3. The Balaban J connectivity index is 2.97. The van der Waals surface area contributed by atoms with E-state index >= 15 is 0 Å². The van der Waals surface area contributed by atoms with E-state index in [0.717, 1.165) is 18.2 Å². The summed E-state index contributed by atoms with van der Waals surface area (Å²) in [5, 5.41) is 8.97. The number of amidine groups is 1. The minimum absolute atomic E-state index is 0.0668. The average Bonchev–Trinajstić information content (AvgIpc) is 2.58. The lowest BCUT2D eigenvalue weighted by Crippen LogP contribution is -2.29. The van der Waals surface area contributed by atoms with Crippen LogP contribution in [0.15, 0.2) is 34.5 Å². The van der Waals surface area contributed by atoms with Gasteiger partial charge in [-0.2, -0.15) is 0 Å². The highest BCUT2D eigenvalue weighted by Crippen LogP contribution is 2.14. The Morgan fingerprint density at radius 2 is 1.85 bits per heavy atom. The van der Waals surface area contributed by atoms with Gasteiger partial charge in [0.2, 0.25) is 5.78 Å². The van der Waals surface area contributed by atoms with E-state index in [2.05, 4.69) is 4.99 Å². The van der Waals surface area contributed by atoms with E-state index in [1.807, 2.05) is 6.92 Å². The molecular weight excluding hydrogens is 348 g/mol. The number of aliphatic hydroxyl groups is 1. The average molecular weight is 369 g/mol. The van der Waals surface area contributed by atoms with Gasteiger partial charge < -0.3 is 21.3 Å². The maximum absolute atomic E-state index is 13.6. The van der Waals surface area contributed by atoms with Crippen LogP contribution in [0.4, 0.5) is 8.78 Å². The van der Waals surface area contributed by atoms with Crippen molar-refractivity contribution in [1.29, 1.82) is 0 Å². The molecule has 0 unspecified atom stereocenters. The largest absolute Gasteiger partial charge is 0.454 e. The van der Waals surface area contributed by atoms with Crippen LogP contribution in [-0.2, 0) is 9.53 Å². The van der Waals surface area contributed by atoms with Crippen molar-refractivity contribution in [2.75, 3.05) is 19.8 Å². The number of Topliss-reactive ketones (excluding diaryl/α,β-unsaturated/α-hetero) is 1. The number of aliphatic hydroxyl groups excluding tert-OH is 1. The molecule has 1 rings (SSSR count). The highest BCUT2D eigenvalue weighted by molar-refractivity contribution is 6.19. The third-order valence-electron chi connectivity index (χ3n) is 3.24. The van der Waals surface area contributed by atoms with Crippen molar-refractivity contribution < 1.29 is 28.2 Å². The van der Waals surface area contributed by atoms with Gasteiger partial charge in [0.15, 0.2) is 6.61 Å². The van der Waals surface area contributed by atoms with Crippen molar-refractivity contribution in [2.45, 2.75) is 19.8 Å². The summed E-state index contributed by atoms with van der Waals surface area (Å²) in [6, 6.07) is 2.94. The van der Waals surface area contributed by atoms with Crippen LogP contribution in [0.5, 0.6) is 0 Å². The number of ketones is 1. The molecule has 0 heterocycles. The molecule has 26 heavy (non-hydrogen) atoms. The van der Waals surface area contributed by atoms with E-state index in [4.69, 9.17) is 21.3 Å². The van der Waals surface area contributed by atoms with Crippen LogP contribution < -0.4 is 11.5 Å². The maximum atomic E-state index is 13.6. The van der Waals surface area contributed by atoms with Gasteiger partial charge in [0, 0.05) is 25.3 Å². The van der Waals surface area contributed by atoms with Gasteiger partial charge in [0.25, 0.3) is 0 Å². The van der Waals surface area contributed by atoms with Crippen molar-refractivity contribution in [1.82, 2.24) is 0 Å². The first-order valence-corrected chi connectivity index (χ1v) is 7.87. The molecule has 0 aromatic heterocycles. The minimum Gasteiger partial charge on any atom is -0.454 e. The van der Waals surface area contributed by atoms with Gasteiger partial charge in [-0.15, -0.1) is 0 Å². The molecule has 0 spiro atoms. The fourth-order valence-electron chi connectivity index (χ4n) is 2.00. The molecule has 0 bridgehead atoms. The van der Waals surface area contributed by atoms with Crippen molar-refractivity contribution in [3.8, 4) is 0 Å². The lowest BCUT2D eigenvalue weighted by atomic mass is 10.1. The van der Waals surface area contributed by atoms with Gasteiger partial charge in [0.1, 0.15) is 23.0 Å². The Morgan fingerprint density at radius 3 is 2.38 bits per heavy atom. The summed E-state index contributed by atoms with van der Waals surface area (Å²) in [4.78, 5) is 28.1. The first-order chi connectivity index (χ1) is 12.3. The number of esters is 1. The standard InChI is InChI=1S/C17H21F2N3O4/c1-2-7-22-16(21)15(12(20)6-8-23)17(25)26-9-13(24)14-10(18)4-3-5-11(14)19/h3-5,23H,2,6-9,20H2,1H3,(H2,21,22). The molecule has 1 aromatic rings. The van der Waals surface area contributed by atoms with E-state index in [0.29, 0.717) is 13.0 Å². The molecule has 7 nitrogen and oxygen atoms in total. The van der Waals surface area contributed by atoms with Gasteiger partial charge in [-0.25, -0.2) is 13.6 Å². The number of halogens is 2. The second-order valence-electron chi connectivity index (χ2n) is 5.24. The number of carbonyl (C=O) groups is 2. The summed E-state index contributed by atoms with van der Waals surface area (Å²) < 4.78 is 32.0. The van der Waals surface area contributed by atoms with Crippen LogP contribution in [0.3, 0.4) is 0 Å². The number of ether oxygens (including phenoxy) is 1. The molecule has 0 aliphatic rings. The Labute approximate surface area is 149 Å². The molecule has 0 aliphatic carbocycles. The molecular formula is C17H21F2N3O4. The molecule has 0 amide bonds. The Kier molecular flexibility index (Phi) is 8.36. The second kappa shape index (κ2) is 10.2. The summed E-state index contributed by atoms with van der Waals surface area (Å²) in [7, 11) is 0. The number of carbonyl (C=O) groups excluding carboxylic acids is 2. The normalized spacial score (nSPS) is 12.5. The molecule has 0 fully saturated rings. The van der Waals surface area contributed by atoms with Gasteiger partial charge in [-0.1, -0.05) is 13.0 Å². The summed E-state index contributed by atoms with van der Waals surface area (Å²) in [5.74, 6) is -4.46. The summed E-state index contributed by atoms with van der Waals surface area (Å²) in [6.45, 7) is 0.919. The number of nitrogens with two attached hydrogens (primary N) is 2. The zero-order chi connectivity index (χ0) is 19.7. The fraction of sp³-hybridized carbons (Fsp3) is 0.353. The first-order valence-electron chi connectivity index (χ1n) is 7.87. The molecule has 0 radical (unpaired) electrons. The third-order valence-corrected chi connectivity index (χ3v) is 3.24. The number of rotatable bonds is 9. The van der Waals surface area contributed by atoms with Gasteiger partial charge >= 0.3 is 5.97 Å². The number of nitrogens with zero attached hydrogens (tertiary/aromatic N) is 1. The highest BCUT2D eigenvalue weighted by Gasteiger charge is 2.23. The topological polar surface area (TPSA) is 128 Å². The quantitative estimate of drug-likeness (QED) is 0.196. The fourth-order valence-corrected chi connectivity index (χ4v) is 2.00. The number of hydrogen-bond acceptors (Lipinski definition) is 6. The summed E-state index contributed by atoms with van der Waals surface area (Å²) in [6.07, 6.45) is 0.594. The molecule has 0 aliphatic heterocycles. The summed E-state index contributed by atoms with van der Waals surface area (Å²) in [5.41, 5.74) is 10.3. The van der Waals surface area contributed by atoms with Gasteiger partial charge in [0.05, 0.1) is 5.56 Å². The van der Waals surface area contributed by atoms with Crippen molar-refractivity contribution >= 4 is 17.6 Å². The highest BCUT2D eigenvalue weighted by atomic mass is 19.1. The molecule has 1 aromatic carbocycles. The third kappa shape index (κ3) is 5.62. The van der Waals surface area contributed by atoms with Crippen LogP contribution in [0.2, 0.25) is 0 Å². The van der Waals surface area contributed by atoms with Crippen molar-refractivity contribution in [3.05, 3.63) is 46.7 Å². The van der Waals surface area contributed by atoms with E-state index < -0.39 is 35.6 Å². The predicted octanol–water partition coefficient (Wildman–Crippen LogP) is 1.05. The van der Waals surface area contributed by atoms with Crippen molar-refractivity contribution in [2.24, 2.45) is 16.5 Å². The maximum Gasteiger partial charge on any atom is 0.344 e. The van der Waals surface area contributed by atoms with E-state index in [9.17, 15) is 18.4 Å². The minimum atomic E-state index is -1.07. The van der Waals surface area contributed by atoms with Gasteiger partial charge in [-0.3, -0.25) is 9.79 Å². The Bertz CT molecular complexity index is 712. The molecule has 0 saturated carbocycles. The Hall–Kier alpha value is -2.81. The van der Waals surface area contributed by atoms with Crippen LogP contribution in [-0.4, -0.2) is 42.5 Å².